The van der Waals surface area contributed by atoms with Crippen molar-refractivity contribution in [1.29, 1.82) is 0 Å². The Morgan fingerprint density at radius 2 is 1.83 bits per heavy atom. The predicted octanol–water partition coefficient (Wildman–Crippen LogP) is 7.27. The zero-order chi connectivity index (χ0) is 34.4. The second kappa shape index (κ2) is 15.6. The summed E-state index contributed by atoms with van der Waals surface area (Å²) in [5, 5.41) is 13.1. The summed E-state index contributed by atoms with van der Waals surface area (Å²) in [6.07, 6.45) is 3.50. The molecule has 2 heterocycles. The van der Waals surface area contributed by atoms with E-state index in [1.54, 1.807) is 0 Å². The predicted molar refractivity (Wildman–Crippen MR) is 183 cm³/mol. The first kappa shape index (κ1) is 36.3. The lowest BCUT2D eigenvalue weighted by Gasteiger charge is -2.40. The molecule has 2 amide bonds. The molecule has 254 valence electrons. The number of hydrogen-bond donors (Lipinski definition) is 1. The Kier molecular flexibility index (Phi) is 12.0. The van der Waals surface area contributed by atoms with Crippen molar-refractivity contribution in [2.24, 2.45) is 32.3 Å². The largest absolute Gasteiger partial charge is 0.461 e. The van der Waals surface area contributed by atoms with Gasteiger partial charge in [0.05, 0.1) is 10.3 Å². The maximum absolute atomic E-state index is 14.0. The van der Waals surface area contributed by atoms with Crippen LogP contribution in [0.4, 0.5) is 11.4 Å². The van der Waals surface area contributed by atoms with Crippen LogP contribution in [0.5, 0.6) is 0 Å². The molecule has 14 heteroatoms. The summed E-state index contributed by atoms with van der Waals surface area (Å²) in [7, 11) is 0. The van der Waals surface area contributed by atoms with E-state index >= 15 is 0 Å². The smallest absolute Gasteiger partial charge is 0.329 e. The third-order valence-electron chi connectivity index (χ3n) is 10.2. The maximum Gasteiger partial charge on any atom is 0.329 e. The molecule has 1 N–H and O–H groups in total. The molecule has 12 nitrogen and oxygen atoms in total. The Morgan fingerprint density at radius 3 is 2.45 bits per heavy atom. The number of carbonyl (C=O) groups is 3. The molecule has 2 aromatic rings. The Labute approximate surface area is 283 Å². The molecule has 1 saturated heterocycles. The number of ether oxygens (including phenoxy) is 1. The number of rotatable bonds is 15. The fourth-order valence-electron chi connectivity index (χ4n) is 6.59. The normalized spacial score (nSPS) is 21.8. The summed E-state index contributed by atoms with van der Waals surface area (Å²) >= 11 is 2.87. The average Bonchev–Trinajstić information content (AvgIpc) is 3.79. The number of thiophene rings is 1. The third-order valence-corrected chi connectivity index (χ3v) is 12.4. The molecule has 5 atom stereocenters. The van der Waals surface area contributed by atoms with Gasteiger partial charge in [-0.3, -0.25) is 9.59 Å². The van der Waals surface area contributed by atoms with Crippen molar-refractivity contribution in [2.75, 3.05) is 12.3 Å². The molecule has 1 saturated carbocycles. The Morgan fingerprint density at radius 1 is 1.09 bits per heavy atom. The van der Waals surface area contributed by atoms with Crippen LogP contribution in [0.3, 0.4) is 0 Å². The van der Waals surface area contributed by atoms with Crippen LogP contribution in [-0.4, -0.2) is 59.2 Å². The molecular weight excluding hydrogens is 643 g/mol. The highest BCUT2D eigenvalue weighted by Crippen LogP contribution is 2.57. The van der Waals surface area contributed by atoms with Gasteiger partial charge < -0.3 is 15.0 Å². The van der Waals surface area contributed by atoms with E-state index in [0.717, 1.165) is 23.5 Å². The maximum atomic E-state index is 14.0. The van der Waals surface area contributed by atoms with Gasteiger partial charge in [0, 0.05) is 18.7 Å². The first-order chi connectivity index (χ1) is 22.3. The van der Waals surface area contributed by atoms with Crippen molar-refractivity contribution in [3.05, 3.63) is 56.0 Å². The number of carbonyl (C=O) groups excluding carboxylic acids is 3. The van der Waals surface area contributed by atoms with Crippen LogP contribution >= 0.6 is 23.1 Å². The molecule has 0 radical (unpaired) electrons. The lowest BCUT2D eigenvalue weighted by Crippen LogP contribution is -2.54. The molecule has 1 aromatic heterocycles. The second-order valence-electron chi connectivity index (χ2n) is 13.6. The summed E-state index contributed by atoms with van der Waals surface area (Å²) in [4.78, 5) is 76.1. The summed E-state index contributed by atoms with van der Waals surface area (Å²) in [6.45, 7) is 11.4. The summed E-state index contributed by atoms with van der Waals surface area (Å²) < 4.78 is 6.87. The van der Waals surface area contributed by atoms with Gasteiger partial charge in [-0.2, -0.15) is 0 Å². The SMILES string of the molecule is CC(CC1CCC(C)(C)C1(C)C)OC(=O)C1CCCN1C(=O)C(CSc1cccs1)NC(=O)C(Cc1ccc(N=O)c(N=O)c1)N=O. The minimum Gasteiger partial charge on any atom is -0.461 e. The van der Waals surface area contributed by atoms with Crippen LogP contribution in [0.2, 0.25) is 0 Å². The Bertz CT molecular complexity index is 1470. The van der Waals surface area contributed by atoms with E-state index in [2.05, 4.69) is 48.5 Å². The van der Waals surface area contributed by atoms with E-state index in [-0.39, 0.29) is 40.5 Å². The number of nitrogens with zero attached hydrogens (tertiary/aromatic N) is 4. The number of esters is 1. The van der Waals surface area contributed by atoms with E-state index in [1.807, 2.05) is 24.4 Å². The lowest BCUT2D eigenvalue weighted by molar-refractivity contribution is -0.158. The number of nitrogens with one attached hydrogen (secondary N) is 1. The van der Waals surface area contributed by atoms with Crippen molar-refractivity contribution >= 4 is 52.3 Å². The zero-order valence-corrected chi connectivity index (χ0v) is 29.1. The van der Waals surface area contributed by atoms with Gasteiger partial charge >= 0.3 is 5.97 Å². The lowest BCUT2D eigenvalue weighted by atomic mass is 9.66. The van der Waals surface area contributed by atoms with Crippen molar-refractivity contribution in [3.8, 4) is 0 Å². The van der Waals surface area contributed by atoms with Crippen LogP contribution < -0.4 is 5.32 Å². The first-order valence-electron chi connectivity index (χ1n) is 15.9. The number of likely N-dealkylation sites (tertiary alicyclic amines) is 1. The number of amides is 2. The Balaban J connectivity index is 1.45. The number of thioether (sulfide) groups is 1. The van der Waals surface area contributed by atoms with Gasteiger partial charge in [0.15, 0.2) is 6.04 Å². The van der Waals surface area contributed by atoms with E-state index in [0.29, 0.717) is 30.9 Å². The van der Waals surface area contributed by atoms with Gasteiger partial charge in [-0.05, 0) is 95.3 Å². The summed E-state index contributed by atoms with van der Waals surface area (Å²) in [5.41, 5.74) is 0.277. The van der Waals surface area contributed by atoms with E-state index in [1.165, 1.54) is 46.2 Å². The van der Waals surface area contributed by atoms with Crippen LogP contribution in [-0.2, 0) is 25.5 Å². The van der Waals surface area contributed by atoms with E-state index < -0.39 is 35.9 Å². The zero-order valence-electron chi connectivity index (χ0n) is 27.5. The molecule has 1 aliphatic carbocycles. The van der Waals surface area contributed by atoms with Crippen LogP contribution in [0.1, 0.15) is 72.3 Å². The molecule has 4 rings (SSSR count). The average molecular weight is 686 g/mol. The molecule has 5 unspecified atom stereocenters. The molecule has 2 fully saturated rings. The monoisotopic (exact) mass is 685 g/mol. The number of hydrogen-bond acceptors (Lipinski definition) is 12. The highest BCUT2D eigenvalue weighted by atomic mass is 32.2. The van der Waals surface area contributed by atoms with Crippen molar-refractivity contribution in [3.63, 3.8) is 0 Å². The van der Waals surface area contributed by atoms with Gasteiger partial charge in [-0.1, -0.05) is 45.0 Å². The summed E-state index contributed by atoms with van der Waals surface area (Å²) in [6, 6.07) is 4.49. The topological polar surface area (TPSA) is 164 Å². The molecule has 0 spiro atoms. The minimum absolute atomic E-state index is 0.104. The number of nitroso groups, excluding NO2 is 3. The van der Waals surface area contributed by atoms with E-state index in [4.69, 9.17) is 4.74 Å². The minimum atomic E-state index is -1.43. The molecule has 47 heavy (non-hydrogen) atoms. The Hall–Kier alpha value is -3.52. The first-order valence-corrected chi connectivity index (χ1v) is 17.8. The van der Waals surface area contributed by atoms with E-state index in [9.17, 15) is 29.1 Å². The fourth-order valence-corrected chi connectivity index (χ4v) is 8.41. The van der Waals surface area contributed by atoms with Crippen LogP contribution in [0, 0.1) is 31.5 Å². The highest BCUT2D eigenvalue weighted by molar-refractivity contribution is 8.01. The summed E-state index contributed by atoms with van der Waals surface area (Å²) in [5.74, 6) is -1.09. The fraction of sp³-hybridized carbons (Fsp3) is 0.606. The molecule has 1 aliphatic heterocycles. The molecule has 0 bridgehead atoms. The van der Waals surface area contributed by atoms with Crippen molar-refractivity contribution in [1.82, 2.24) is 10.2 Å². The standard InChI is InChI=1S/C33H43N5O7S2/c1-20(16-22-12-13-32(2,3)33(22,4)5)45-31(41)27-8-6-14-38(27)30(40)26(19-47-28-9-7-15-46-28)34-29(39)25(37-44)18-21-10-11-23(35-42)24(17-21)36-43/h7,9-11,15,17,20,22,25-27H,6,8,12-14,16,18-19H2,1-5H3,(H,34,39). The number of benzene rings is 1. The highest BCUT2D eigenvalue weighted by Gasteiger charge is 2.49. The molecular formula is C33H43N5O7S2. The van der Waals surface area contributed by atoms with Gasteiger partial charge in [-0.15, -0.1) is 37.8 Å². The van der Waals surface area contributed by atoms with Gasteiger partial charge in [0.25, 0.3) is 0 Å². The molecule has 1 aromatic carbocycles. The van der Waals surface area contributed by atoms with Crippen LogP contribution in [0.15, 0.2) is 55.5 Å². The quantitative estimate of drug-likeness (QED) is 0.116. The molecule has 2 aliphatic rings. The van der Waals surface area contributed by atoms with Gasteiger partial charge in [0.2, 0.25) is 11.8 Å². The third kappa shape index (κ3) is 8.50. The van der Waals surface area contributed by atoms with Gasteiger partial charge in [0.1, 0.15) is 23.5 Å². The van der Waals surface area contributed by atoms with Crippen LogP contribution in [0.25, 0.3) is 0 Å². The van der Waals surface area contributed by atoms with Gasteiger partial charge in [-0.25, -0.2) is 4.79 Å². The van der Waals surface area contributed by atoms with Crippen molar-refractivity contribution in [2.45, 2.75) is 102 Å². The van der Waals surface area contributed by atoms with Crippen molar-refractivity contribution < 1.29 is 19.1 Å². The second-order valence-corrected chi connectivity index (χ2v) is 15.9.